The van der Waals surface area contributed by atoms with Crippen LogP contribution in [0.1, 0.15) is 30.7 Å². The Morgan fingerprint density at radius 3 is 2.91 bits per heavy atom. The van der Waals surface area contributed by atoms with Crippen molar-refractivity contribution in [2.24, 2.45) is 0 Å². The topological polar surface area (TPSA) is 41.6 Å². The molecule has 1 aliphatic rings. The van der Waals surface area contributed by atoms with Crippen LogP contribution in [0.4, 0.5) is 5.69 Å². The number of rotatable bonds is 5. The predicted molar refractivity (Wildman–Crippen MR) is 94.1 cm³/mol. The number of nitrogens with one attached hydrogen (secondary N) is 1. The number of ether oxygens (including phenoxy) is 1. The molecule has 0 saturated carbocycles. The molecule has 1 aliphatic heterocycles. The van der Waals surface area contributed by atoms with Crippen LogP contribution in [0.15, 0.2) is 41.8 Å². The summed E-state index contributed by atoms with van der Waals surface area (Å²) in [5, 5.41) is 5.10. The summed E-state index contributed by atoms with van der Waals surface area (Å²) in [5.74, 6) is 0.697. The second-order valence-corrected chi connectivity index (χ2v) is 6.76. The average Bonchev–Trinajstić information content (AvgIpc) is 3.25. The van der Waals surface area contributed by atoms with Crippen LogP contribution in [0, 0.1) is 0 Å². The maximum Gasteiger partial charge on any atom is 0.241 e. The first-order valence-electron chi connectivity index (χ1n) is 7.93. The van der Waals surface area contributed by atoms with Crippen molar-refractivity contribution in [3.8, 4) is 5.75 Å². The minimum Gasteiger partial charge on any atom is -0.495 e. The summed E-state index contributed by atoms with van der Waals surface area (Å²) in [6.45, 7) is 2.94. The monoisotopic (exact) mass is 330 g/mol. The molecular weight excluding hydrogens is 308 g/mol. The Labute approximate surface area is 141 Å². The second kappa shape index (κ2) is 7.15. The molecule has 2 atom stereocenters. The van der Waals surface area contributed by atoms with E-state index < -0.39 is 0 Å². The minimum atomic E-state index is -0.172. The van der Waals surface area contributed by atoms with Gasteiger partial charge in [-0.2, -0.15) is 0 Å². The van der Waals surface area contributed by atoms with Crippen molar-refractivity contribution >= 4 is 22.9 Å². The molecule has 0 unspecified atom stereocenters. The maximum atomic E-state index is 12.7. The molecule has 4 nitrogen and oxygen atoms in total. The van der Waals surface area contributed by atoms with Crippen LogP contribution in [-0.2, 0) is 4.79 Å². The molecule has 1 fully saturated rings. The van der Waals surface area contributed by atoms with Crippen molar-refractivity contribution in [3.05, 3.63) is 46.7 Å². The van der Waals surface area contributed by atoms with Gasteiger partial charge < -0.3 is 10.1 Å². The zero-order valence-corrected chi connectivity index (χ0v) is 14.3. The van der Waals surface area contributed by atoms with Gasteiger partial charge in [0.1, 0.15) is 5.75 Å². The third-order valence-corrected chi connectivity index (χ3v) is 5.38. The molecular formula is C18H22N2O2S. The van der Waals surface area contributed by atoms with E-state index in [-0.39, 0.29) is 11.9 Å². The summed E-state index contributed by atoms with van der Waals surface area (Å²) < 4.78 is 5.30. The zero-order chi connectivity index (χ0) is 16.2. The van der Waals surface area contributed by atoms with E-state index in [4.69, 9.17) is 4.74 Å². The van der Waals surface area contributed by atoms with E-state index in [0.29, 0.717) is 11.8 Å². The molecule has 2 heterocycles. The van der Waals surface area contributed by atoms with Crippen LogP contribution in [0.2, 0.25) is 0 Å². The molecule has 0 bridgehead atoms. The number of hydrogen-bond acceptors (Lipinski definition) is 4. The molecule has 0 aliphatic carbocycles. The van der Waals surface area contributed by atoms with Gasteiger partial charge in [0.05, 0.1) is 18.8 Å². The third kappa shape index (κ3) is 3.41. The number of anilines is 1. The van der Waals surface area contributed by atoms with Crippen molar-refractivity contribution in [2.45, 2.75) is 31.8 Å². The van der Waals surface area contributed by atoms with Crippen molar-refractivity contribution in [2.75, 3.05) is 19.0 Å². The van der Waals surface area contributed by atoms with Crippen LogP contribution in [0.5, 0.6) is 5.75 Å². The van der Waals surface area contributed by atoms with Gasteiger partial charge in [-0.05, 0) is 49.9 Å². The molecule has 1 saturated heterocycles. The van der Waals surface area contributed by atoms with Crippen LogP contribution in [0.3, 0.4) is 0 Å². The Morgan fingerprint density at radius 1 is 1.35 bits per heavy atom. The summed E-state index contributed by atoms with van der Waals surface area (Å²) >= 11 is 1.77. The number of para-hydroxylation sites is 2. The maximum absolute atomic E-state index is 12.7. The lowest BCUT2D eigenvalue weighted by atomic mass is 10.1. The normalized spacial score (nSPS) is 19.5. The van der Waals surface area contributed by atoms with Gasteiger partial charge in [-0.3, -0.25) is 9.69 Å². The van der Waals surface area contributed by atoms with Crippen LogP contribution >= 0.6 is 11.3 Å². The van der Waals surface area contributed by atoms with Gasteiger partial charge in [0, 0.05) is 10.9 Å². The quantitative estimate of drug-likeness (QED) is 0.903. The molecule has 0 radical (unpaired) electrons. The van der Waals surface area contributed by atoms with E-state index in [1.165, 1.54) is 4.88 Å². The summed E-state index contributed by atoms with van der Waals surface area (Å²) in [6, 6.07) is 11.9. The van der Waals surface area contributed by atoms with Gasteiger partial charge in [0.2, 0.25) is 5.91 Å². The highest BCUT2D eigenvalue weighted by Crippen LogP contribution is 2.36. The Bertz CT molecular complexity index is 657. The summed E-state index contributed by atoms with van der Waals surface area (Å²) in [4.78, 5) is 16.3. The number of carbonyl (C=O) groups excluding carboxylic acids is 1. The van der Waals surface area contributed by atoms with Crippen molar-refractivity contribution in [1.29, 1.82) is 0 Å². The molecule has 23 heavy (non-hydrogen) atoms. The van der Waals surface area contributed by atoms with E-state index in [1.54, 1.807) is 18.4 Å². The zero-order valence-electron chi connectivity index (χ0n) is 13.5. The van der Waals surface area contributed by atoms with Gasteiger partial charge in [0.15, 0.2) is 0 Å². The van der Waals surface area contributed by atoms with Crippen molar-refractivity contribution in [1.82, 2.24) is 4.90 Å². The van der Waals surface area contributed by atoms with Gasteiger partial charge in [-0.15, -0.1) is 11.3 Å². The van der Waals surface area contributed by atoms with E-state index >= 15 is 0 Å². The lowest BCUT2D eigenvalue weighted by molar-refractivity contribution is -0.121. The van der Waals surface area contributed by atoms with Gasteiger partial charge in [0.25, 0.3) is 0 Å². The number of amides is 1. The van der Waals surface area contributed by atoms with Gasteiger partial charge >= 0.3 is 0 Å². The Morgan fingerprint density at radius 2 is 2.17 bits per heavy atom. The lowest BCUT2D eigenvalue weighted by Gasteiger charge is -2.29. The first-order valence-corrected chi connectivity index (χ1v) is 8.81. The van der Waals surface area contributed by atoms with Crippen LogP contribution in [-0.4, -0.2) is 30.5 Å². The number of benzene rings is 1. The first-order chi connectivity index (χ1) is 11.2. The fourth-order valence-corrected chi connectivity index (χ4v) is 4.06. The fourth-order valence-electron chi connectivity index (χ4n) is 3.17. The summed E-state index contributed by atoms with van der Waals surface area (Å²) in [7, 11) is 1.61. The van der Waals surface area contributed by atoms with E-state index in [0.717, 1.165) is 25.1 Å². The van der Waals surface area contributed by atoms with Gasteiger partial charge in [-0.1, -0.05) is 18.2 Å². The summed E-state index contributed by atoms with van der Waals surface area (Å²) in [6.07, 6.45) is 2.25. The molecule has 0 spiro atoms. The predicted octanol–water partition coefficient (Wildman–Crippen LogP) is 3.92. The highest BCUT2D eigenvalue weighted by molar-refractivity contribution is 7.10. The Kier molecular flexibility index (Phi) is 4.98. The average molecular weight is 330 g/mol. The molecule has 1 aromatic heterocycles. The number of hydrogen-bond donors (Lipinski definition) is 1. The molecule has 2 aromatic rings. The van der Waals surface area contributed by atoms with Gasteiger partial charge in [-0.25, -0.2) is 0 Å². The SMILES string of the molecule is COc1ccccc1NC(=O)[C@H](C)N1CCC[C@@H]1c1cccs1. The molecule has 1 amide bonds. The van der Waals surface area contributed by atoms with E-state index in [2.05, 4.69) is 27.7 Å². The molecule has 122 valence electrons. The standard InChI is InChI=1S/C18H22N2O2S/c1-13(18(21)19-14-7-3-4-9-16(14)22-2)20-11-5-8-15(20)17-10-6-12-23-17/h3-4,6-7,9-10,12-13,15H,5,8,11H2,1-2H3,(H,19,21)/t13-,15+/m0/s1. The number of likely N-dealkylation sites (tertiary alicyclic amines) is 1. The number of nitrogens with zero attached hydrogens (tertiary/aromatic N) is 1. The first kappa shape index (κ1) is 16.0. The molecule has 1 aromatic carbocycles. The smallest absolute Gasteiger partial charge is 0.241 e. The van der Waals surface area contributed by atoms with Crippen LogP contribution in [0.25, 0.3) is 0 Å². The van der Waals surface area contributed by atoms with E-state index in [1.807, 2.05) is 31.2 Å². The van der Waals surface area contributed by atoms with E-state index in [9.17, 15) is 4.79 Å². The highest BCUT2D eigenvalue weighted by Gasteiger charge is 2.33. The van der Waals surface area contributed by atoms with Crippen molar-refractivity contribution in [3.63, 3.8) is 0 Å². The van der Waals surface area contributed by atoms with Crippen LogP contribution < -0.4 is 10.1 Å². The minimum absolute atomic E-state index is 0.0120. The molecule has 3 rings (SSSR count). The number of thiophene rings is 1. The molecule has 1 N–H and O–H groups in total. The largest absolute Gasteiger partial charge is 0.495 e. The van der Waals surface area contributed by atoms with Crippen molar-refractivity contribution < 1.29 is 9.53 Å². The second-order valence-electron chi connectivity index (χ2n) is 5.78. The Hall–Kier alpha value is -1.85. The highest BCUT2D eigenvalue weighted by atomic mass is 32.1. The number of carbonyl (C=O) groups is 1. The lowest BCUT2D eigenvalue weighted by Crippen LogP contribution is -2.41. The summed E-state index contributed by atoms with van der Waals surface area (Å²) in [5.41, 5.74) is 0.721. The third-order valence-electron chi connectivity index (χ3n) is 4.41. The molecule has 5 heteroatoms. The Balaban J connectivity index is 1.72. The number of methoxy groups -OCH3 is 1. The fraction of sp³-hybridized carbons (Fsp3) is 0.389.